The summed E-state index contributed by atoms with van der Waals surface area (Å²) in [4.78, 5) is 45.9. The quantitative estimate of drug-likeness (QED) is 0.707. The summed E-state index contributed by atoms with van der Waals surface area (Å²) in [6, 6.07) is 3.72. The number of fused-ring (bicyclic) bond motifs is 2. The molecule has 28 heavy (non-hydrogen) atoms. The van der Waals surface area contributed by atoms with Crippen molar-refractivity contribution in [1.29, 1.82) is 0 Å². The van der Waals surface area contributed by atoms with Crippen LogP contribution >= 0.6 is 0 Å². The highest BCUT2D eigenvalue weighted by Crippen LogP contribution is 2.44. The summed E-state index contributed by atoms with van der Waals surface area (Å²) in [5, 5.41) is 0. The van der Waals surface area contributed by atoms with E-state index in [1.165, 1.54) is 0 Å². The van der Waals surface area contributed by atoms with Crippen LogP contribution in [0.5, 0.6) is 0 Å². The van der Waals surface area contributed by atoms with Crippen molar-refractivity contribution in [2.24, 2.45) is 0 Å². The maximum Gasteiger partial charge on any atom is 0.289 e. The third-order valence-electron chi connectivity index (χ3n) is 6.01. The average Bonchev–Trinajstić information content (AvgIpc) is 3.38. The Balaban J connectivity index is 1.44. The number of amides is 1. The summed E-state index contributed by atoms with van der Waals surface area (Å²) in [6.45, 7) is 1.27. The van der Waals surface area contributed by atoms with Crippen LogP contribution in [0, 0.1) is 0 Å². The van der Waals surface area contributed by atoms with Gasteiger partial charge in [-0.15, -0.1) is 0 Å². The van der Waals surface area contributed by atoms with E-state index in [4.69, 9.17) is 4.98 Å². The molecule has 1 aliphatic heterocycles. The fourth-order valence-corrected chi connectivity index (χ4v) is 4.45. The molecular formula is C20H20N6O2. The number of nitrogens with zero attached hydrogens (tertiary/aromatic N) is 4. The minimum atomic E-state index is -0.138. The van der Waals surface area contributed by atoms with Crippen LogP contribution in [0.4, 0.5) is 0 Å². The Morgan fingerprint density at radius 1 is 1.18 bits per heavy atom. The van der Waals surface area contributed by atoms with Crippen molar-refractivity contribution in [3.8, 4) is 11.4 Å². The molecule has 3 aromatic heterocycles. The number of aromatic amines is 2. The van der Waals surface area contributed by atoms with Crippen molar-refractivity contribution in [1.82, 2.24) is 29.8 Å². The smallest absolute Gasteiger partial charge is 0.289 e. The maximum atomic E-state index is 12.7. The number of hydrogen-bond acceptors (Lipinski definition) is 5. The molecule has 4 heterocycles. The molecule has 0 saturated carbocycles. The molecule has 1 spiro atoms. The Morgan fingerprint density at radius 3 is 2.75 bits per heavy atom. The fourth-order valence-electron chi connectivity index (χ4n) is 4.45. The summed E-state index contributed by atoms with van der Waals surface area (Å²) >= 11 is 0. The number of likely N-dealkylation sites (tertiary alicyclic amines) is 1. The van der Waals surface area contributed by atoms with Gasteiger partial charge in [0.1, 0.15) is 5.82 Å². The summed E-state index contributed by atoms with van der Waals surface area (Å²) < 4.78 is 0. The van der Waals surface area contributed by atoms with E-state index < -0.39 is 0 Å². The zero-order chi connectivity index (χ0) is 19.1. The number of imidazole rings is 1. The first-order valence-corrected chi connectivity index (χ1v) is 9.49. The minimum Gasteiger partial charge on any atom is -0.341 e. The highest BCUT2D eigenvalue weighted by Gasteiger charge is 2.44. The first-order valence-electron chi connectivity index (χ1n) is 9.49. The number of piperidine rings is 1. The van der Waals surface area contributed by atoms with E-state index in [1.54, 1.807) is 24.8 Å². The van der Waals surface area contributed by atoms with Gasteiger partial charge in [-0.2, -0.15) is 0 Å². The molecule has 2 N–H and O–H groups in total. The fraction of sp³-hybridized carbons (Fsp3) is 0.350. The lowest BCUT2D eigenvalue weighted by Gasteiger charge is -2.39. The van der Waals surface area contributed by atoms with Crippen LogP contribution in [0.2, 0.25) is 0 Å². The number of aromatic nitrogens is 5. The van der Waals surface area contributed by atoms with Gasteiger partial charge in [-0.1, -0.05) is 0 Å². The molecule has 8 nitrogen and oxygen atoms in total. The van der Waals surface area contributed by atoms with Gasteiger partial charge in [0.05, 0.1) is 5.69 Å². The predicted octanol–water partition coefficient (Wildman–Crippen LogP) is 1.68. The van der Waals surface area contributed by atoms with E-state index >= 15 is 0 Å². The van der Waals surface area contributed by atoms with E-state index in [9.17, 15) is 9.59 Å². The summed E-state index contributed by atoms with van der Waals surface area (Å²) in [7, 11) is 0. The van der Waals surface area contributed by atoms with Crippen LogP contribution in [0.25, 0.3) is 11.4 Å². The highest BCUT2D eigenvalue weighted by atomic mass is 16.2. The van der Waals surface area contributed by atoms with Crippen molar-refractivity contribution in [2.75, 3.05) is 13.1 Å². The second-order valence-electron chi connectivity index (χ2n) is 7.49. The molecule has 0 bridgehead atoms. The molecule has 0 radical (unpaired) electrons. The number of hydrogen-bond donors (Lipinski definition) is 2. The van der Waals surface area contributed by atoms with E-state index in [0.717, 1.165) is 42.5 Å². The normalized spacial score (nSPS) is 17.6. The highest BCUT2D eigenvalue weighted by molar-refractivity contribution is 5.90. The maximum absolute atomic E-state index is 12.7. The monoisotopic (exact) mass is 376 g/mol. The molecular weight excluding hydrogens is 356 g/mol. The number of carbonyl (C=O) groups excluding carboxylic acids is 1. The molecule has 8 heteroatoms. The molecule has 5 rings (SSSR count). The lowest BCUT2D eigenvalue weighted by Crippen LogP contribution is -2.45. The lowest BCUT2D eigenvalue weighted by atomic mass is 9.76. The molecule has 142 valence electrons. The van der Waals surface area contributed by atoms with Crippen LogP contribution in [0.1, 0.15) is 41.1 Å². The van der Waals surface area contributed by atoms with E-state index in [2.05, 4.69) is 19.9 Å². The molecule has 1 aliphatic carbocycles. The third-order valence-corrected chi connectivity index (χ3v) is 6.01. The Labute approximate surface area is 161 Å². The Morgan fingerprint density at radius 2 is 2.04 bits per heavy atom. The van der Waals surface area contributed by atoms with E-state index in [-0.39, 0.29) is 16.9 Å². The van der Waals surface area contributed by atoms with Crippen LogP contribution in [0.3, 0.4) is 0 Å². The second kappa shape index (κ2) is 6.40. The number of H-pyrrole nitrogens is 2. The van der Waals surface area contributed by atoms with E-state index in [0.29, 0.717) is 24.7 Å². The molecule has 0 aromatic carbocycles. The SMILES string of the molecule is O=C(c1ncc[nH]1)N1CCC2(CCc3c2nc(-c2cccnc2)[nH]c3=O)CC1. The molecule has 3 aromatic rings. The Kier molecular flexibility index (Phi) is 3.85. The predicted molar refractivity (Wildman–Crippen MR) is 102 cm³/mol. The van der Waals surface area contributed by atoms with Gasteiger partial charge < -0.3 is 14.9 Å². The molecule has 1 saturated heterocycles. The zero-order valence-electron chi connectivity index (χ0n) is 15.3. The number of nitrogens with one attached hydrogen (secondary N) is 2. The zero-order valence-corrected chi connectivity index (χ0v) is 15.3. The van der Waals surface area contributed by atoms with Crippen molar-refractivity contribution in [2.45, 2.75) is 31.1 Å². The number of rotatable bonds is 2. The number of pyridine rings is 1. The van der Waals surface area contributed by atoms with Gasteiger partial charge in [-0.25, -0.2) is 9.97 Å². The van der Waals surface area contributed by atoms with Crippen LogP contribution in [-0.2, 0) is 11.8 Å². The third kappa shape index (κ3) is 2.64. The van der Waals surface area contributed by atoms with Crippen LogP contribution in [-0.4, -0.2) is 48.8 Å². The molecule has 1 amide bonds. The molecule has 2 aliphatic rings. The molecule has 0 atom stereocenters. The van der Waals surface area contributed by atoms with Gasteiger partial charge >= 0.3 is 0 Å². The van der Waals surface area contributed by atoms with Gasteiger partial charge in [0.2, 0.25) is 0 Å². The first kappa shape index (κ1) is 16.9. The van der Waals surface area contributed by atoms with Gasteiger partial charge in [-0.05, 0) is 37.8 Å². The first-order chi connectivity index (χ1) is 13.7. The van der Waals surface area contributed by atoms with E-state index in [1.807, 2.05) is 17.0 Å². The van der Waals surface area contributed by atoms with Crippen molar-refractivity contribution < 1.29 is 4.79 Å². The van der Waals surface area contributed by atoms with Crippen LogP contribution < -0.4 is 5.56 Å². The summed E-state index contributed by atoms with van der Waals surface area (Å²) in [5.41, 5.74) is 2.30. The van der Waals surface area contributed by atoms with Crippen molar-refractivity contribution in [3.05, 3.63) is 64.4 Å². The van der Waals surface area contributed by atoms with Gasteiger partial charge in [0.15, 0.2) is 5.82 Å². The summed E-state index contributed by atoms with van der Waals surface area (Å²) in [5.74, 6) is 0.858. The largest absolute Gasteiger partial charge is 0.341 e. The standard InChI is InChI=1S/C20H20N6O2/c27-18-14-3-4-20(15(14)24-16(25-18)13-2-1-7-21-12-13)5-10-26(11-6-20)19(28)17-22-8-9-23-17/h1-2,7-9,12H,3-6,10-11H2,(H,22,23)(H,24,25,27). The molecule has 1 fully saturated rings. The summed E-state index contributed by atoms with van der Waals surface area (Å²) in [6.07, 6.45) is 9.88. The van der Waals surface area contributed by atoms with Crippen molar-refractivity contribution in [3.63, 3.8) is 0 Å². The van der Waals surface area contributed by atoms with Gasteiger partial charge in [0, 0.05) is 54.4 Å². The second-order valence-corrected chi connectivity index (χ2v) is 7.49. The molecule has 0 unspecified atom stereocenters. The van der Waals surface area contributed by atoms with Crippen molar-refractivity contribution >= 4 is 5.91 Å². The van der Waals surface area contributed by atoms with Gasteiger partial charge in [-0.3, -0.25) is 14.6 Å². The minimum absolute atomic E-state index is 0.0604. The Bertz CT molecular complexity index is 1070. The Hall–Kier alpha value is -3.29. The number of carbonyl (C=O) groups is 1. The van der Waals surface area contributed by atoms with Crippen LogP contribution in [0.15, 0.2) is 41.7 Å². The van der Waals surface area contributed by atoms with Gasteiger partial charge in [0.25, 0.3) is 11.5 Å². The lowest BCUT2D eigenvalue weighted by molar-refractivity contribution is 0.0652. The average molecular weight is 376 g/mol. The topological polar surface area (TPSA) is 108 Å².